The van der Waals surface area contributed by atoms with Crippen molar-refractivity contribution in [2.24, 2.45) is 0 Å². The van der Waals surface area contributed by atoms with E-state index in [-0.39, 0.29) is 6.04 Å². The van der Waals surface area contributed by atoms with Crippen LogP contribution in [0.15, 0.2) is 17.0 Å². The summed E-state index contributed by atoms with van der Waals surface area (Å²) in [5.74, 6) is 0. The first kappa shape index (κ1) is 15.5. The Balaban J connectivity index is 2.49. The van der Waals surface area contributed by atoms with Gasteiger partial charge in [-0.2, -0.15) is 4.31 Å². The molecule has 0 spiro atoms. The molecule has 5 heteroatoms. The molecule has 1 aromatic rings. The SMILES string of the molecule is Cc1cc(C)c(S(=O)(=O)N2CCNCCC2C)c(C)c1. The molecule has 1 unspecified atom stereocenters. The Labute approximate surface area is 122 Å². The quantitative estimate of drug-likeness (QED) is 0.908. The minimum absolute atomic E-state index is 0.0371. The molecule has 0 saturated carbocycles. The van der Waals surface area contributed by atoms with Gasteiger partial charge in [0.2, 0.25) is 10.0 Å². The molecular weight excluding hydrogens is 272 g/mol. The van der Waals surface area contributed by atoms with Crippen LogP contribution >= 0.6 is 0 Å². The summed E-state index contributed by atoms with van der Waals surface area (Å²) in [6.45, 7) is 9.88. The summed E-state index contributed by atoms with van der Waals surface area (Å²) >= 11 is 0. The zero-order valence-electron chi connectivity index (χ0n) is 12.7. The van der Waals surface area contributed by atoms with Crippen LogP contribution in [0, 0.1) is 20.8 Å². The van der Waals surface area contributed by atoms with Gasteiger partial charge in [-0.15, -0.1) is 0 Å². The number of nitrogens with zero attached hydrogens (tertiary/aromatic N) is 1. The average Bonchev–Trinajstić information content (AvgIpc) is 2.52. The Hall–Kier alpha value is -0.910. The van der Waals surface area contributed by atoms with E-state index < -0.39 is 10.0 Å². The molecule has 1 atom stereocenters. The van der Waals surface area contributed by atoms with E-state index in [9.17, 15) is 8.42 Å². The lowest BCUT2D eigenvalue weighted by Crippen LogP contribution is -2.40. The number of hydrogen-bond acceptors (Lipinski definition) is 3. The zero-order valence-corrected chi connectivity index (χ0v) is 13.5. The van der Waals surface area contributed by atoms with Gasteiger partial charge < -0.3 is 5.32 Å². The molecule has 1 aliphatic heterocycles. The zero-order chi connectivity index (χ0) is 14.9. The van der Waals surface area contributed by atoms with Crippen molar-refractivity contribution >= 4 is 10.0 Å². The molecule has 0 amide bonds. The lowest BCUT2D eigenvalue weighted by atomic mass is 10.1. The molecule has 2 rings (SSSR count). The molecule has 1 aliphatic rings. The smallest absolute Gasteiger partial charge is 0.243 e. The predicted molar refractivity (Wildman–Crippen MR) is 81.5 cm³/mol. The van der Waals surface area contributed by atoms with Crippen molar-refractivity contribution in [1.82, 2.24) is 9.62 Å². The fourth-order valence-corrected chi connectivity index (χ4v) is 5.11. The molecule has 0 aliphatic carbocycles. The number of nitrogens with one attached hydrogen (secondary N) is 1. The maximum Gasteiger partial charge on any atom is 0.243 e. The maximum absolute atomic E-state index is 13.0. The van der Waals surface area contributed by atoms with E-state index in [4.69, 9.17) is 0 Å². The van der Waals surface area contributed by atoms with Crippen LogP contribution in [0.25, 0.3) is 0 Å². The topological polar surface area (TPSA) is 49.4 Å². The van der Waals surface area contributed by atoms with Gasteiger partial charge in [-0.25, -0.2) is 8.42 Å². The molecule has 1 heterocycles. The Morgan fingerprint density at radius 1 is 1.15 bits per heavy atom. The van der Waals surface area contributed by atoms with Crippen molar-refractivity contribution < 1.29 is 8.42 Å². The Kier molecular flexibility index (Phi) is 4.52. The van der Waals surface area contributed by atoms with Crippen LogP contribution in [0.5, 0.6) is 0 Å². The highest BCUT2D eigenvalue weighted by atomic mass is 32.2. The Morgan fingerprint density at radius 3 is 2.35 bits per heavy atom. The van der Waals surface area contributed by atoms with E-state index >= 15 is 0 Å². The Bertz CT molecular complexity index is 573. The largest absolute Gasteiger partial charge is 0.315 e. The molecular formula is C15H24N2O2S. The van der Waals surface area contributed by atoms with E-state index in [1.807, 2.05) is 39.8 Å². The van der Waals surface area contributed by atoms with Crippen LogP contribution in [0.1, 0.15) is 30.0 Å². The highest BCUT2D eigenvalue weighted by molar-refractivity contribution is 7.89. The standard InChI is InChI=1S/C15H24N2O2S/c1-11-9-12(2)15(13(3)10-11)20(18,19)17-8-7-16-6-5-14(17)4/h9-10,14,16H,5-8H2,1-4H3. The summed E-state index contributed by atoms with van der Waals surface area (Å²) in [5, 5.41) is 3.26. The number of aryl methyl sites for hydroxylation is 3. The minimum atomic E-state index is -3.42. The number of sulfonamides is 1. The van der Waals surface area contributed by atoms with Gasteiger partial charge in [0.15, 0.2) is 0 Å². The van der Waals surface area contributed by atoms with Crippen molar-refractivity contribution in [1.29, 1.82) is 0 Å². The van der Waals surface area contributed by atoms with Gasteiger partial charge >= 0.3 is 0 Å². The van der Waals surface area contributed by atoms with Crippen molar-refractivity contribution in [3.63, 3.8) is 0 Å². The van der Waals surface area contributed by atoms with Crippen molar-refractivity contribution in [2.75, 3.05) is 19.6 Å². The van der Waals surface area contributed by atoms with Crippen molar-refractivity contribution in [2.45, 2.75) is 45.1 Å². The highest BCUT2D eigenvalue weighted by Gasteiger charge is 2.32. The lowest BCUT2D eigenvalue weighted by molar-refractivity contribution is 0.350. The third-order valence-electron chi connectivity index (χ3n) is 3.91. The van der Waals surface area contributed by atoms with E-state index in [0.717, 1.165) is 29.7 Å². The third kappa shape index (κ3) is 2.90. The molecule has 20 heavy (non-hydrogen) atoms. The molecule has 0 aromatic heterocycles. The molecule has 1 aromatic carbocycles. The summed E-state index contributed by atoms with van der Waals surface area (Å²) < 4.78 is 27.7. The second kappa shape index (κ2) is 5.84. The summed E-state index contributed by atoms with van der Waals surface area (Å²) in [7, 11) is -3.42. The van der Waals surface area contributed by atoms with Gasteiger partial charge in [-0.1, -0.05) is 17.7 Å². The molecule has 0 radical (unpaired) electrons. The minimum Gasteiger partial charge on any atom is -0.315 e. The van der Waals surface area contributed by atoms with Crippen LogP contribution in [-0.2, 0) is 10.0 Å². The van der Waals surface area contributed by atoms with Crippen molar-refractivity contribution in [3.05, 3.63) is 28.8 Å². The van der Waals surface area contributed by atoms with Gasteiger partial charge in [0.25, 0.3) is 0 Å². The van der Waals surface area contributed by atoms with Crippen molar-refractivity contribution in [3.8, 4) is 0 Å². The van der Waals surface area contributed by atoms with Crippen LogP contribution in [-0.4, -0.2) is 38.4 Å². The second-order valence-corrected chi connectivity index (χ2v) is 7.56. The van der Waals surface area contributed by atoms with E-state index in [1.54, 1.807) is 4.31 Å². The summed E-state index contributed by atoms with van der Waals surface area (Å²) in [6, 6.07) is 3.93. The van der Waals surface area contributed by atoms with Gasteiger partial charge in [-0.05, 0) is 51.8 Å². The first-order valence-corrected chi connectivity index (χ1v) is 8.58. The first-order chi connectivity index (χ1) is 9.34. The average molecular weight is 296 g/mol. The normalized spacial score (nSPS) is 21.7. The third-order valence-corrected chi connectivity index (χ3v) is 6.23. The number of benzene rings is 1. The molecule has 1 N–H and O–H groups in total. The first-order valence-electron chi connectivity index (χ1n) is 7.14. The van der Waals surface area contributed by atoms with Crippen LogP contribution in [0.4, 0.5) is 0 Å². The molecule has 4 nitrogen and oxygen atoms in total. The molecule has 112 valence electrons. The van der Waals surface area contributed by atoms with E-state index in [2.05, 4.69) is 5.32 Å². The van der Waals surface area contributed by atoms with E-state index in [0.29, 0.717) is 18.0 Å². The fourth-order valence-electron chi connectivity index (χ4n) is 3.04. The molecule has 1 saturated heterocycles. The van der Waals surface area contributed by atoms with Gasteiger partial charge in [0.1, 0.15) is 0 Å². The monoisotopic (exact) mass is 296 g/mol. The summed E-state index contributed by atoms with van der Waals surface area (Å²) in [5.41, 5.74) is 2.78. The van der Waals surface area contributed by atoms with Gasteiger partial charge in [0.05, 0.1) is 4.90 Å². The highest BCUT2D eigenvalue weighted by Crippen LogP contribution is 2.27. The Morgan fingerprint density at radius 2 is 1.75 bits per heavy atom. The van der Waals surface area contributed by atoms with Crippen LogP contribution < -0.4 is 5.32 Å². The second-order valence-electron chi connectivity index (χ2n) is 5.73. The van der Waals surface area contributed by atoms with E-state index in [1.165, 1.54) is 0 Å². The number of rotatable bonds is 2. The summed E-state index contributed by atoms with van der Waals surface area (Å²) in [6.07, 6.45) is 0.850. The van der Waals surface area contributed by atoms with Crippen LogP contribution in [0.2, 0.25) is 0 Å². The molecule has 1 fully saturated rings. The number of hydrogen-bond donors (Lipinski definition) is 1. The van der Waals surface area contributed by atoms with Gasteiger partial charge in [0, 0.05) is 19.1 Å². The molecule has 0 bridgehead atoms. The maximum atomic E-state index is 13.0. The van der Waals surface area contributed by atoms with Crippen LogP contribution in [0.3, 0.4) is 0 Å². The predicted octanol–water partition coefficient (Wildman–Crippen LogP) is 1.98. The van der Waals surface area contributed by atoms with Gasteiger partial charge in [-0.3, -0.25) is 0 Å². The summed E-state index contributed by atoms with van der Waals surface area (Å²) in [4.78, 5) is 0.483. The fraction of sp³-hybridized carbons (Fsp3) is 0.600. The lowest BCUT2D eigenvalue weighted by Gasteiger charge is -2.27.